The highest BCUT2D eigenvalue weighted by Gasteiger charge is 2.52. The minimum absolute atomic E-state index is 0.0350. The fourth-order valence-corrected chi connectivity index (χ4v) is 8.73. The van der Waals surface area contributed by atoms with E-state index in [4.69, 9.17) is 23.7 Å². The lowest BCUT2D eigenvalue weighted by atomic mass is 9.70. The van der Waals surface area contributed by atoms with E-state index in [9.17, 15) is 30.0 Å². The van der Waals surface area contributed by atoms with Crippen LogP contribution in [0, 0.1) is 34.5 Å². The van der Waals surface area contributed by atoms with E-state index in [1.807, 2.05) is 53.6 Å². The van der Waals surface area contributed by atoms with Crippen LogP contribution in [-0.4, -0.2) is 124 Å². The van der Waals surface area contributed by atoms with Crippen LogP contribution in [0.15, 0.2) is 0 Å². The molecular weight excluding hydrogens is 646 g/mol. The molecule has 12 heteroatoms. The smallest absolute Gasteiger partial charge is 0.311 e. The number of carbonyl (C=O) groups is 2. The van der Waals surface area contributed by atoms with Crippen LogP contribution < -0.4 is 0 Å². The minimum Gasteiger partial charge on any atom is -0.461 e. The molecule has 0 aromatic heterocycles. The van der Waals surface area contributed by atoms with Crippen molar-refractivity contribution in [3.8, 4) is 0 Å². The van der Waals surface area contributed by atoms with E-state index >= 15 is 0 Å². The van der Waals surface area contributed by atoms with E-state index in [1.54, 1.807) is 48.5 Å². The third-order valence-corrected chi connectivity index (χ3v) is 12.0. The molecule has 4 N–H and O–H groups in total. The number of likely N-dealkylation sites (N-methyl/N-ethyl adjacent to an activating group) is 1. The molecule has 3 aliphatic heterocycles. The summed E-state index contributed by atoms with van der Waals surface area (Å²) in [5.74, 6) is -3.97. The van der Waals surface area contributed by atoms with Crippen LogP contribution in [0.1, 0.15) is 109 Å². The molecule has 0 bridgehead atoms. The second-order valence-corrected chi connectivity index (χ2v) is 17.5. The summed E-state index contributed by atoms with van der Waals surface area (Å²) in [5, 5.41) is 46.3. The Morgan fingerprint density at radius 1 is 0.860 bits per heavy atom. The molecule has 16 unspecified atom stereocenters. The number of ketones is 1. The van der Waals surface area contributed by atoms with Crippen molar-refractivity contribution < 1.29 is 53.7 Å². The third kappa shape index (κ3) is 9.28. The van der Waals surface area contributed by atoms with Gasteiger partial charge < -0.3 is 49.0 Å². The Kier molecular flexibility index (Phi) is 14.2. The van der Waals surface area contributed by atoms with Gasteiger partial charge in [-0.05, 0) is 66.5 Å². The van der Waals surface area contributed by atoms with Crippen molar-refractivity contribution in [1.29, 1.82) is 0 Å². The molecule has 0 radical (unpaired) electrons. The lowest BCUT2D eigenvalue weighted by Crippen LogP contribution is -2.60. The third-order valence-electron chi connectivity index (χ3n) is 12.0. The molecule has 3 aliphatic rings. The predicted molar refractivity (Wildman–Crippen MR) is 188 cm³/mol. The van der Waals surface area contributed by atoms with Crippen molar-refractivity contribution in [2.24, 2.45) is 34.5 Å². The highest BCUT2D eigenvalue weighted by atomic mass is 16.7. The molecule has 3 rings (SSSR count). The number of aliphatic hydroxyl groups is 4. The second-order valence-electron chi connectivity index (χ2n) is 17.5. The Balaban J connectivity index is 2.17. The van der Waals surface area contributed by atoms with Gasteiger partial charge in [-0.25, -0.2) is 0 Å². The Hall–Kier alpha value is -1.22. The number of esters is 1. The number of nitrogens with zero attached hydrogens (tertiary/aromatic N) is 1. The number of Topliss-reactive ketones (excluding diaryl/α,β-unsaturated/α-hetero) is 1. The number of rotatable bonds is 6. The first-order valence-electron chi connectivity index (χ1n) is 18.7. The minimum atomic E-state index is -1.70. The van der Waals surface area contributed by atoms with Crippen LogP contribution in [0.2, 0.25) is 0 Å². The first kappa shape index (κ1) is 43.2. The molecule has 0 aromatic rings. The van der Waals surface area contributed by atoms with E-state index in [0.29, 0.717) is 19.3 Å². The fourth-order valence-electron chi connectivity index (χ4n) is 8.73. The van der Waals surface area contributed by atoms with Gasteiger partial charge in [-0.15, -0.1) is 0 Å². The maximum absolute atomic E-state index is 14.2. The van der Waals surface area contributed by atoms with E-state index in [-0.39, 0.29) is 24.3 Å². The van der Waals surface area contributed by atoms with E-state index in [2.05, 4.69) is 0 Å². The van der Waals surface area contributed by atoms with Crippen molar-refractivity contribution in [3.05, 3.63) is 0 Å². The lowest BCUT2D eigenvalue weighted by Gasteiger charge is -2.49. The van der Waals surface area contributed by atoms with E-state index in [1.165, 1.54) is 0 Å². The van der Waals surface area contributed by atoms with Gasteiger partial charge in [0, 0.05) is 35.6 Å². The zero-order chi connectivity index (χ0) is 38.3. The van der Waals surface area contributed by atoms with Gasteiger partial charge in [0.15, 0.2) is 12.6 Å². The number of ether oxygens (including phenoxy) is 5. The zero-order valence-electron chi connectivity index (χ0n) is 33.1. The standard InChI is InChI=1S/C38H69NO11/c1-15-26-37(10,11)31(42)21(4)28(40)19(2)17-38(12,45)33(50-35-29(41)25(39(13)14)16-20(3)46-35)22(5)30(23(6)34(44)48-26)49-27-18-36(8,9)32(43)24(7)47-27/h19-27,29-33,35,41-43,45H,15-18H2,1-14H3. The normalized spacial score (nSPS) is 46.7. The molecule has 0 aromatic carbocycles. The summed E-state index contributed by atoms with van der Waals surface area (Å²) < 4.78 is 31.8. The summed E-state index contributed by atoms with van der Waals surface area (Å²) in [6.07, 6.45) is -7.23. The predicted octanol–water partition coefficient (Wildman–Crippen LogP) is 3.68. The van der Waals surface area contributed by atoms with E-state index < -0.39 is 101 Å². The Morgan fingerprint density at radius 2 is 1.46 bits per heavy atom. The molecule has 3 fully saturated rings. The van der Waals surface area contributed by atoms with Crippen LogP contribution in [-0.2, 0) is 33.3 Å². The molecular formula is C38H69NO11. The number of hydrogen-bond donors (Lipinski definition) is 4. The van der Waals surface area contributed by atoms with Crippen LogP contribution in [0.25, 0.3) is 0 Å². The van der Waals surface area contributed by atoms with Crippen molar-refractivity contribution in [3.63, 3.8) is 0 Å². The average Bonchev–Trinajstić information content (AvgIpc) is 3.01. The highest BCUT2D eigenvalue weighted by Crippen LogP contribution is 2.42. The zero-order valence-corrected chi connectivity index (χ0v) is 33.1. The summed E-state index contributed by atoms with van der Waals surface area (Å²) in [6.45, 7) is 21.5. The highest BCUT2D eigenvalue weighted by molar-refractivity contribution is 5.83. The van der Waals surface area contributed by atoms with E-state index in [0.717, 1.165) is 0 Å². The number of hydrogen-bond acceptors (Lipinski definition) is 12. The Bertz CT molecular complexity index is 1140. The SMILES string of the molecule is CCC1OC(=O)C(C)C(OC2CC(C)(C)C(O)C(C)O2)C(C)C(OC2OC(C)CC(N(C)C)C2O)C(C)(O)CC(C)C(=O)C(C)C(O)C1(C)C. The fraction of sp³-hybridized carbons (Fsp3) is 0.947. The van der Waals surface area contributed by atoms with Crippen molar-refractivity contribution in [1.82, 2.24) is 4.90 Å². The quantitative estimate of drug-likeness (QED) is 0.296. The maximum atomic E-state index is 14.2. The van der Waals surface area contributed by atoms with Gasteiger partial charge in [-0.3, -0.25) is 9.59 Å². The van der Waals surface area contributed by atoms with Crippen molar-refractivity contribution in [2.45, 2.75) is 182 Å². The summed E-state index contributed by atoms with van der Waals surface area (Å²) in [4.78, 5) is 30.0. The summed E-state index contributed by atoms with van der Waals surface area (Å²) in [5.41, 5.74) is -3.24. The molecule has 0 aliphatic carbocycles. The number of aliphatic hydroxyl groups excluding tert-OH is 3. The monoisotopic (exact) mass is 715 g/mol. The van der Waals surface area contributed by atoms with Gasteiger partial charge in [0.05, 0.1) is 48.1 Å². The molecule has 50 heavy (non-hydrogen) atoms. The van der Waals surface area contributed by atoms with Gasteiger partial charge >= 0.3 is 5.97 Å². The topological polar surface area (TPSA) is 164 Å². The van der Waals surface area contributed by atoms with Gasteiger partial charge in [-0.2, -0.15) is 0 Å². The summed E-state index contributed by atoms with van der Waals surface area (Å²) in [6, 6.07) is -0.286. The molecule has 3 heterocycles. The Morgan fingerprint density at radius 3 is 2.00 bits per heavy atom. The second kappa shape index (κ2) is 16.4. The molecule has 0 spiro atoms. The molecule has 16 atom stereocenters. The lowest BCUT2D eigenvalue weighted by molar-refractivity contribution is -0.312. The van der Waals surface area contributed by atoms with Crippen LogP contribution >= 0.6 is 0 Å². The first-order chi connectivity index (χ1) is 22.9. The van der Waals surface area contributed by atoms with Crippen molar-refractivity contribution in [2.75, 3.05) is 14.1 Å². The van der Waals surface area contributed by atoms with Gasteiger partial charge in [-0.1, -0.05) is 55.4 Å². The first-order valence-corrected chi connectivity index (χ1v) is 18.7. The molecule has 0 saturated carbocycles. The number of carbonyl (C=O) groups excluding carboxylic acids is 2. The largest absolute Gasteiger partial charge is 0.461 e. The molecule has 12 nitrogen and oxygen atoms in total. The van der Waals surface area contributed by atoms with Crippen LogP contribution in [0.3, 0.4) is 0 Å². The Labute approximate surface area is 300 Å². The number of cyclic esters (lactones) is 1. The summed E-state index contributed by atoms with van der Waals surface area (Å²) >= 11 is 0. The van der Waals surface area contributed by atoms with Gasteiger partial charge in [0.1, 0.15) is 18.0 Å². The molecule has 292 valence electrons. The maximum Gasteiger partial charge on any atom is 0.311 e. The molecule has 0 amide bonds. The van der Waals surface area contributed by atoms with Crippen LogP contribution in [0.4, 0.5) is 0 Å². The van der Waals surface area contributed by atoms with Crippen molar-refractivity contribution >= 4 is 11.8 Å². The molecule has 3 saturated heterocycles. The van der Waals surface area contributed by atoms with Crippen LogP contribution in [0.5, 0.6) is 0 Å². The summed E-state index contributed by atoms with van der Waals surface area (Å²) in [7, 11) is 3.75. The van der Waals surface area contributed by atoms with Gasteiger partial charge in [0.25, 0.3) is 0 Å². The van der Waals surface area contributed by atoms with Gasteiger partial charge in [0.2, 0.25) is 0 Å². The average molecular weight is 716 g/mol.